The number of hydrogen-bond donors (Lipinski definition) is 1. The van der Waals surface area contributed by atoms with Gasteiger partial charge in [-0.15, -0.1) is 0 Å². The van der Waals surface area contributed by atoms with Gasteiger partial charge in [-0.3, -0.25) is 4.79 Å². The second kappa shape index (κ2) is 5.45. The molecule has 4 aromatic rings. The van der Waals surface area contributed by atoms with Crippen LogP contribution in [0, 0.1) is 11.6 Å². The molecule has 0 spiro atoms. The van der Waals surface area contributed by atoms with Crippen LogP contribution in [0.3, 0.4) is 0 Å². The molecule has 0 bridgehead atoms. The summed E-state index contributed by atoms with van der Waals surface area (Å²) in [6.07, 6.45) is 0. The van der Waals surface area contributed by atoms with Crippen molar-refractivity contribution in [1.29, 1.82) is 0 Å². The summed E-state index contributed by atoms with van der Waals surface area (Å²) >= 11 is 0. The van der Waals surface area contributed by atoms with Gasteiger partial charge in [0.25, 0.3) is 5.91 Å². The maximum absolute atomic E-state index is 13.2. The number of anilines is 1. The van der Waals surface area contributed by atoms with Crippen LogP contribution in [0.1, 0.15) is 10.6 Å². The molecule has 1 N–H and O–H groups in total. The van der Waals surface area contributed by atoms with Crippen molar-refractivity contribution in [2.75, 3.05) is 5.32 Å². The SMILES string of the molecule is O=C(Nc1ccc(F)c(F)c1)c1cc2c(ccc3ccccc32)o1. The molecule has 0 saturated carbocycles. The van der Waals surface area contributed by atoms with Crippen molar-refractivity contribution in [1.82, 2.24) is 0 Å². The van der Waals surface area contributed by atoms with E-state index in [-0.39, 0.29) is 11.4 Å². The smallest absolute Gasteiger partial charge is 0.291 e. The third-order valence-electron chi connectivity index (χ3n) is 3.83. The number of furan rings is 1. The van der Waals surface area contributed by atoms with Gasteiger partial charge in [0.1, 0.15) is 5.58 Å². The summed E-state index contributed by atoms with van der Waals surface area (Å²) in [5.74, 6) is -2.42. The van der Waals surface area contributed by atoms with Crippen molar-refractivity contribution in [2.45, 2.75) is 0 Å². The third-order valence-corrected chi connectivity index (χ3v) is 3.83. The van der Waals surface area contributed by atoms with Gasteiger partial charge in [0.2, 0.25) is 0 Å². The molecule has 5 heteroatoms. The van der Waals surface area contributed by atoms with Crippen LogP contribution in [0.25, 0.3) is 21.7 Å². The highest BCUT2D eigenvalue weighted by molar-refractivity contribution is 6.10. The number of fused-ring (bicyclic) bond motifs is 3. The van der Waals surface area contributed by atoms with Crippen molar-refractivity contribution in [3.63, 3.8) is 0 Å². The number of benzene rings is 3. The molecule has 0 radical (unpaired) electrons. The summed E-state index contributed by atoms with van der Waals surface area (Å²) in [6.45, 7) is 0. The Balaban J connectivity index is 1.71. The van der Waals surface area contributed by atoms with Gasteiger partial charge in [-0.2, -0.15) is 0 Å². The van der Waals surface area contributed by atoms with E-state index in [1.54, 1.807) is 12.1 Å². The Morgan fingerprint density at radius 2 is 1.71 bits per heavy atom. The van der Waals surface area contributed by atoms with Crippen LogP contribution in [-0.4, -0.2) is 5.91 Å². The molecule has 24 heavy (non-hydrogen) atoms. The Morgan fingerprint density at radius 1 is 0.875 bits per heavy atom. The van der Waals surface area contributed by atoms with Gasteiger partial charge in [-0.1, -0.05) is 30.3 Å². The fraction of sp³-hybridized carbons (Fsp3) is 0. The monoisotopic (exact) mass is 323 g/mol. The Morgan fingerprint density at radius 3 is 2.54 bits per heavy atom. The van der Waals surface area contributed by atoms with Crippen LogP contribution in [0.4, 0.5) is 14.5 Å². The average Bonchev–Trinajstić information content (AvgIpc) is 3.03. The van der Waals surface area contributed by atoms with Gasteiger partial charge >= 0.3 is 0 Å². The van der Waals surface area contributed by atoms with Crippen LogP contribution < -0.4 is 5.32 Å². The van der Waals surface area contributed by atoms with Crippen molar-refractivity contribution >= 4 is 33.3 Å². The second-order valence-electron chi connectivity index (χ2n) is 5.39. The van der Waals surface area contributed by atoms with Gasteiger partial charge < -0.3 is 9.73 Å². The molecule has 1 amide bonds. The molecule has 3 aromatic carbocycles. The summed E-state index contributed by atoms with van der Waals surface area (Å²) in [4.78, 5) is 12.3. The average molecular weight is 323 g/mol. The predicted molar refractivity (Wildman–Crippen MR) is 88.0 cm³/mol. The number of hydrogen-bond acceptors (Lipinski definition) is 2. The van der Waals surface area contributed by atoms with Crippen LogP contribution in [0.15, 0.2) is 65.1 Å². The zero-order valence-corrected chi connectivity index (χ0v) is 12.3. The highest BCUT2D eigenvalue weighted by atomic mass is 19.2. The van der Waals surface area contributed by atoms with E-state index in [4.69, 9.17) is 4.42 Å². The van der Waals surface area contributed by atoms with Crippen molar-refractivity contribution in [3.8, 4) is 0 Å². The van der Waals surface area contributed by atoms with E-state index >= 15 is 0 Å². The molecule has 4 rings (SSSR count). The summed E-state index contributed by atoms with van der Waals surface area (Å²) in [7, 11) is 0. The highest BCUT2D eigenvalue weighted by Gasteiger charge is 2.15. The molecule has 1 aromatic heterocycles. The molecule has 118 valence electrons. The minimum atomic E-state index is -1.02. The molecule has 0 aliphatic carbocycles. The van der Waals surface area contributed by atoms with Crippen LogP contribution in [0.2, 0.25) is 0 Å². The number of amides is 1. The van der Waals surface area contributed by atoms with Crippen LogP contribution >= 0.6 is 0 Å². The summed E-state index contributed by atoms with van der Waals surface area (Å²) in [5.41, 5.74) is 0.744. The first-order valence-electron chi connectivity index (χ1n) is 7.29. The molecule has 0 aliphatic rings. The van der Waals surface area contributed by atoms with Crippen LogP contribution in [0.5, 0.6) is 0 Å². The number of rotatable bonds is 2. The van der Waals surface area contributed by atoms with Gasteiger partial charge in [0.05, 0.1) is 0 Å². The van der Waals surface area contributed by atoms with Crippen molar-refractivity contribution < 1.29 is 18.0 Å². The van der Waals surface area contributed by atoms with Gasteiger partial charge in [0, 0.05) is 17.1 Å². The van der Waals surface area contributed by atoms with E-state index in [0.29, 0.717) is 5.58 Å². The molecule has 0 fully saturated rings. The topological polar surface area (TPSA) is 42.2 Å². The minimum absolute atomic E-state index is 0.103. The van der Waals surface area contributed by atoms with E-state index in [1.807, 2.05) is 30.3 Å². The number of halogens is 2. The fourth-order valence-electron chi connectivity index (χ4n) is 2.67. The standard InChI is InChI=1S/C19H11F2NO2/c20-15-7-6-12(9-16(15)21)22-19(23)18-10-14-13-4-2-1-3-11(13)5-8-17(14)24-18/h1-10H,(H,22,23). The zero-order valence-electron chi connectivity index (χ0n) is 12.3. The molecule has 0 saturated heterocycles. The minimum Gasteiger partial charge on any atom is -0.451 e. The zero-order chi connectivity index (χ0) is 16.7. The lowest BCUT2D eigenvalue weighted by Crippen LogP contribution is -2.11. The molecule has 0 aliphatic heterocycles. The Labute approximate surface area is 135 Å². The number of carbonyl (C=O) groups excluding carboxylic acids is 1. The summed E-state index contributed by atoms with van der Waals surface area (Å²) in [6, 6.07) is 16.3. The highest BCUT2D eigenvalue weighted by Crippen LogP contribution is 2.28. The quantitative estimate of drug-likeness (QED) is 0.556. The molecule has 0 unspecified atom stereocenters. The largest absolute Gasteiger partial charge is 0.451 e. The van der Waals surface area contributed by atoms with E-state index in [2.05, 4.69) is 5.32 Å². The van der Waals surface area contributed by atoms with E-state index in [9.17, 15) is 13.6 Å². The Bertz CT molecular complexity index is 1090. The summed E-state index contributed by atoms with van der Waals surface area (Å²) < 4.78 is 31.7. The van der Waals surface area contributed by atoms with Crippen molar-refractivity contribution in [3.05, 3.63) is 78.1 Å². The lowest BCUT2D eigenvalue weighted by atomic mass is 10.1. The van der Waals surface area contributed by atoms with E-state index in [0.717, 1.165) is 28.3 Å². The molecule has 0 atom stereocenters. The van der Waals surface area contributed by atoms with Crippen molar-refractivity contribution in [2.24, 2.45) is 0 Å². The number of nitrogens with one attached hydrogen (secondary N) is 1. The lowest BCUT2D eigenvalue weighted by molar-refractivity contribution is 0.0998. The van der Waals surface area contributed by atoms with E-state index in [1.165, 1.54) is 6.07 Å². The second-order valence-corrected chi connectivity index (χ2v) is 5.39. The van der Waals surface area contributed by atoms with Crippen LogP contribution in [-0.2, 0) is 0 Å². The molecule has 1 heterocycles. The van der Waals surface area contributed by atoms with E-state index < -0.39 is 17.5 Å². The van der Waals surface area contributed by atoms with Gasteiger partial charge in [-0.25, -0.2) is 8.78 Å². The van der Waals surface area contributed by atoms with Gasteiger partial charge in [-0.05, 0) is 35.0 Å². The molecule has 3 nitrogen and oxygen atoms in total. The lowest BCUT2D eigenvalue weighted by Gasteiger charge is -2.03. The maximum atomic E-state index is 13.2. The maximum Gasteiger partial charge on any atom is 0.291 e. The Kier molecular flexibility index (Phi) is 3.27. The normalized spacial score (nSPS) is 11.1. The summed E-state index contributed by atoms with van der Waals surface area (Å²) in [5, 5.41) is 5.34. The Hall–Kier alpha value is -3.21. The third kappa shape index (κ3) is 2.40. The van der Waals surface area contributed by atoms with Gasteiger partial charge in [0.15, 0.2) is 17.4 Å². The first kappa shape index (κ1) is 14.4. The predicted octanol–water partition coefficient (Wildman–Crippen LogP) is 5.12. The fourth-order valence-corrected chi connectivity index (χ4v) is 2.67. The first-order chi connectivity index (χ1) is 11.6. The molecular formula is C19H11F2NO2. The molecular weight excluding hydrogens is 312 g/mol. The number of carbonyl (C=O) groups is 1. The first-order valence-corrected chi connectivity index (χ1v) is 7.29.